The molecule has 3 heteroatoms. The van der Waals surface area contributed by atoms with E-state index in [0.717, 1.165) is 0 Å². The summed E-state index contributed by atoms with van der Waals surface area (Å²) < 4.78 is 5.64. The standard InChI is InChI=1S/C9H18O3/c1-7(2)9(8(3)4)10-5-6-11-12-9/h7-8H,5-6H2,1-4H3. The summed E-state index contributed by atoms with van der Waals surface area (Å²) in [5, 5.41) is 0. The van der Waals surface area contributed by atoms with Gasteiger partial charge in [0.25, 0.3) is 0 Å². The average Bonchev–Trinajstić information content (AvgIpc) is 2.05. The van der Waals surface area contributed by atoms with Gasteiger partial charge in [0.15, 0.2) is 0 Å². The maximum atomic E-state index is 5.64. The van der Waals surface area contributed by atoms with E-state index in [0.29, 0.717) is 25.0 Å². The molecule has 1 fully saturated rings. The molecule has 0 bridgehead atoms. The van der Waals surface area contributed by atoms with Crippen LogP contribution in [-0.4, -0.2) is 19.0 Å². The monoisotopic (exact) mass is 174 g/mol. The molecule has 1 aliphatic rings. The highest BCUT2D eigenvalue weighted by Gasteiger charge is 2.43. The molecule has 0 N–H and O–H groups in total. The smallest absolute Gasteiger partial charge is 0.206 e. The second-order valence-electron chi connectivity index (χ2n) is 3.78. The molecule has 0 spiro atoms. The Morgan fingerprint density at radius 2 is 1.58 bits per heavy atom. The van der Waals surface area contributed by atoms with Crippen LogP contribution in [0.5, 0.6) is 0 Å². The van der Waals surface area contributed by atoms with Gasteiger partial charge in [0, 0.05) is 11.8 Å². The first kappa shape index (κ1) is 9.96. The Kier molecular flexibility index (Phi) is 3.09. The van der Waals surface area contributed by atoms with Gasteiger partial charge < -0.3 is 4.74 Å². The molecular weight excluding hydrogens is 156 g/mol. The summed E-state index contributed by atoms with van der Waals surface area (Å²) in [6, 6.07) is 0. The molecule has 0 radical (unpaired) electrons. The Morgan fingerprint density at radius 3 is 1.83 bits per heavy atom. The highest BCUT2D eigenvalue weighted by atomic mass is 17.2. The van der Waals surface area contributed by atoms with E-state index >= 15 is 0 Å². The number of ether oxygens (including phenoxy) is 1. The second-order valence-corrected chi connectivity index (χ2v) is 3.78. The van der Waals surface area contributed by atoms with Crippen molar-refractivity contribution in [3.05, 3.63) is 0 Å². The molecule has 12 heavy (non-hydrogen) atoms. The summed E-state index contributed by atoms with van der Waals surface area (Å²) in [7, 11) is 0. The van der Waals surface area contributed by atoms with Gasteiger partial charge in [-0.3, -0.25) is 0 Å². The maximum Gasteiger partial charge on any atom is 0.206 e. The highest BCUT2D eigenvalue weighted by Crippen LogP contribution is 2.33. The molecule has 0 aromatic carbocycles. The predicted octanol–water partition coefficient (Wildman–Crippen LogP) is 1.97. The van der Waals surface area contributed by atoms with Crippen molar-refractivity contribution in [3.63, 3.8) is 0 Å². The topological polar surface area (TPSA) is 27.7 Å². The quantitative estimate of drug-likeness (QED) is 0.599. The van der Waals surface area contributed by atoms with Gasteiger partial charge in [-0.1, -0.05) is 27.7 Å². The lowest BCUT2D eigenvalue weighted by atomic mass is 9.91. The van der Waals surface area contributed by atoms with E-state index in [1.165, 1.54) is 0 Å². The maximum absolute atomic E-state index is 5.64. The molecule has 1 rings (SSSR count). The van der Waals surface area contributed by atoms with Gasteiger partial charge in [-0.2, -0.15) is 0 Å². The molecule has 0 aromatic heterocycles. The highest BCUT2D eigenvalue weighted by molar-refractivity contribution is 4.77. The lowest BCUT2D eigenvalue weighted by Gasteiger charge is -2.41. The molecule has 72 valence electrons. The summed E-state index contributed by atoms with van der Waals surface area (Å²) in [6.45, 7) is 9.46. The van der Waals surface area contributed by atoms with E-state index in [2.05, 4.69) is 27.7 Å². The third-order valence-electron chi connectivity index (χ3n) is 2.29. The summed E-state index contributed by atoms with van der Waals surface area (Å²) in [5.74, 6) is 0.0636. The Bertz CT molecular complexity index is 127. The average molecular weight is 174 g/mol. The zero-order chi connectivity index (χ0) is 9.19. The Labute approximate surface area is 73.9 Å². The first-order valence-corrected chi connectivity index (χ1v) is 4.54. The molecule has 0 aliphatic carbocycles. The fourth-order valence-electron chi connectivity index (χ4n) is 1.59. The van der Waals surface area contributed by atoms with Crippen LogP contribution in [0, 0.1) is 11.8 Å². The molecule has 0 saturated carbocycles. The number of hydrogen-bond acceptors (Lipinski definition) is 3. The van der Waals surface area contributed by atoms with Gasteiger partial charge in [-0.05, 0) is 0 Å². The van der Waals surface area contributed by atoms with E-state index < -0.39 is 5.79 Å². The van der Waals surface area contributed by atoms with E-state index in [1.807, 2.05) is 0 Å². The van der Waals surface area contributed by atoms with Crippen molar-refractivity contribution in [2.45, 2.75) is 33.5 Å². The van der Waals surface area contributed by atoms with Crippen molar-refractivity contribution in [3.8, 4) is 0 Å². The number of rotatable bonds is 2. The fraction of sp³-hybridized carbons (Fsp3) is 1.00. The van der Waals surface area contributed by atoms with Crippen LogP contribution < -0.4 is 0 Å². The lowest BCUT2D eigenvalue weighted by Crippen LogP contribution is -2.49. The van der Waals surface area contributed by atoms with Crippen LogP contribution in [-0.2, 0) is 14.5 Å². The van der Waals surface area contributed by atoms with Crippen LogP contribution in [0.3, 0.4) is 0 Å². The van der Waals surface area contributed by atoms with Crippen molar-refractivity contribution in [1.29, 1.82) is 0 Å². The van der Waals surface area contributed by atoms with Gasteiger partial charge in [0.2, 0.25) is 5.79 Å². The molecular formula is C9H18O3. The van der Waals surface area contributed by atoms with Gasteiger partial charge >= 0.3 is 0 Å². The minimum absolute atomic E-state index is 0.304. The van der Waals surface area contributed by atoms with E-state index in [9.17, 15) is 0 Å². The van der Waals surface area contributed by atoms with Crippen molar-refractivity contribution < 1.29 is 14.5 Å². The van der Waals surface area contributed by atoms with Crippen molar-refractivity contribution in [2.75, 3.05) is 13.2 Å². The zero-order valence-corrected chi connectivity index (χ0v) is 8.29. The SMILES string of the molecule is CC(C)C1(C(C)C)OCCOO1. The molecule has 1 aliphatic heterocycles. The largest absolute Gasteiger partial charge is 0.344 e. The van der Waals surface area contributed by atoms with Gasteiger partial charge in [0.1, 0.15) is 6.61 Å². The summed E-state index contributed by atoms with van der Waals surface area (Å²) in [5.41, 5.74) is 0. The molecule has 1 saturated heterocycles. The summed E-state index contributed by atoms with van der Waals surface area (Å²) in [4.78, 5) is 10.2. The van der Waals surface area contributed by atoms with E-state index in [1.54, 1.807) is 0 Å². The van der Waals surface area contributed by atoms with Crippen LogP contribution in [0.1, 0.15) is 27.7 Å². The van der Waals surface area contributed by atoms with Gasteiger partial charge in [-0.15, -0.1) is 0 Å². The Balaban J connectivity index is 2.70. The summed E-state index contributed by atoms with van der Waals surface area (Å²) >= 11 is 0. The zero-order valence-electron chi connectivity index (χ0n) is 8.29. The van der Waals surface area contributed by atoms with E-state index in [-0.39, 0.29) is 0 Å². The molecule has 0 unspecified atom stereocenters. The Morgan fingerprint density at radius 1 is 1.00 bits per heavy atom. The first-order chi connectivity index (χ1) is 5.59. The van der Waals surface area contributed by atoms with Crippen LogP contribution >= 0.6 is 0 Å². The lowest BCUT2D eigenvalue weighted by molar-refractivity contribution is -0.487. The van der Waals surface area contributed by atoms with Gasteiger partial charge in [0.05, 0.1) is 6.61 Å². The van der Waals surface area contributed by atoms with Crippen LogP contribution in [0.2, 0.25) is 0 Å². The van der Waals surface area contributed by atoms with Crippen molar-refractivity contribution in [1.82, 2.24) is 0 Å². The summed E-state index contributed by atoms with van der Waals surface area (Å²) in [6.07, 6.45) is 0. The first-order valence-electron chi connectivity index (χ1n) is 4.54. The van der Waals surface area contributed by atoms with Crippen LogP contribution in [0.25, 0.3) is 0 Å². The predicted molar refractivity (Wildman–Crippen MR) is 45.4 cm³/mol. The third-order valence-corrected chi connectivity index (χ3v) is 2.29. The van der Waals surface area contributed by atoms with Crippen LogP contribution in [0.4, 0.5) is 0 Å². The minimum Gasteiger partial charge on any atom is -0.344 e. The van der Waals surface area contributed by atoms with Crippen molar-refractivity contribution in [2.24, 2.45) is 11.8 Å². The Hall–Kier alpha value is -0.120. The third kappa shape index (κ3) is 1.63. The fourth-order valence-corrected chi connectivity index (χ4v) is 1.59. The van der Waals surface area contributed by atoms with Crippen molar-refractivity contribution >= 4 is 0 Å². The molecule has 3 nitrogen and oxygen atoms in total. The van der Waals surface area contributed by atoms with Gasteiger partial charge in [-0.25, -0.2) is 9.78 Å². The molecule has 1 heterocycles. The molecule has 0 atom stereocenters. The number of hydrogen-bond donors (Lipinski definition) is 0. The van der Waals surface area contributed by atoms with E-state index in [4.69, 9.17) is 14.5 Å². The molecule has 0 aromatic rings. The molecule has 0 amide bonds. The minimum atomic E-state index is -0.543. The second kappa shape index (κ2) is 3.73. The normalized spacial score (nSPS) is 23.5. The van der Waals surface area contributed by atoms with Crippen LogP contribution in [0.15, 0.2) is 0 Å².